The molecule has 0 atom stereocenters. The van der Waals surface area contributed by atoms with Crippen molar-refractivity contribution in [2.75, 3.05) is 19.0 Å². The van der Waals surface area contributed by atoms with Crippen molar-refractivity contribution < 1.29 is 9.84 Å². The Morgan fingerprint density at radius 2 is 1.97 bits per heavy atom. The fraction of sp³-hybridized carbons (Fsp3) is 0.200. The van der Waals surface area contributed by atoms with Crippen LogP contribution in [0.25, 0.3) is 22.7 Å². The number of methoxy groups -OCH3 is 1. The van der Waals surface area contributed by atoms with E-state index in [4.69, 9.17) is 9.72 Å². The van der Waals surface area contributed by atoms with Gasteiger partial charge in [0.25, 0.3) is 0 Å². The Hall–Kier alpha value is -4.82. The van der Waals surface area contributed by atoms with E-state index in [1.807, 2.05) is 54.8 Å². The third-order valence-corrected chi connectivity index (χ3v) is 5.70. The number of aliphatic hydroxyl groups excluding tert-OH is 1. The summed E-state index contributed by atoms with van der Waals surface area (Å²) in [6, 6.07) is 15.0. The average molecular weight is 482 g/mol. The van der Waals surface area contributed by atoms with Gasteiger partial charge in [-0.05, 0) is 56.2 Å². The van der Waals surface area contributed by atoms with Crippen LogP contribution < -0.4 is 10.1 Å². The van der Waals surface area contributed by atoms with E-state index in [2.05, 4.69) is 31.7 Å². The Balaban J connectivity index is 1.62. The van der Waals surface area contributed by atoms with Gasteiger partial charge in [-0.1, -0.05) is 6.07 Å². The van der Waals surface area contributed by atoms with Crippen LogP contribution in [0.15, 0.2) is 48.8 Å². The summed E-state index contributed by atoms with van der Waals surface area (Å²) in [7, 11) is 1.60. The fourth-order valence-corrected chi connectivity index (χ4v) is 3.93. The SMILES string of the molecule is COc1cc2ncn(-c3ccc(CCO)c(-n4nc(C#N)cc4C)n3)c2cc1Nc1ccc(C)nn1. The predicted molar refractivity (Wildman–Crippen MR) is 133 cm³/mol. The minimum Gasteiger partial charge on any atom is -0.494 e. The lowest BCUT2D eigenvalue weighted by atomic mass is 10.2. The number of aliphatic hydroxyl groups is 1. The molecular formula is C25H23N9O2. The molecule has 5 aromatic rings. The van der Waals surface area contributed by atoms with Crippen molar-refractivity contribution in [3.05, 3.63) is 71.4 Å². The summed E-state index contributed by atoms with van der Waals surface area (Å²) in [4.78, 5) is 9.40. The van der Waals surface area contributed by atoms with Crippen LogP contribution in [-0.4, -0.2) is 53.3 Å². The Morgan fingerprint density at radius 3 is 2.67 bits per heavy atom. The van der Waals surface area contributed by atoms with Gasteiger partial charge < -0.3 is 15.2 Å². The third-order valence-electron chi connectivity index (χ3n) is 5.70. The molecule has 0 radical (unpaired) electrons. The number of hydrogen-bond donors (Lipinski definition) is 2. The zero-order valence-electron chi connectivity index (χ0n) is 20.0. The zero-order valence-corrected chi connectivity index (χ0v) is 20.0. The summed E-state index contributed by atoms with van der Waals surface area (Å²) in [6.45, 7) is 3.70. The number of aromatic nitrogens is 7. The molecule has 0 amide bonds. The van der Waals surface area contributed by atoms with Crippen LogP contribution in [0, 0.1) is 25.2 Å². The Labute approximate surface area is 206 Å². The number of pyridine rings is 1. The molecule has 5 rings (SSSR count). The van der Waals surface area contributed by atoms with E-state index in [9.17, 15) is 10.4 Å². The smallest absolute Gasteiger partial charge is 0.163 e. The summed E-state index contributed by atoms with van der Waals surface area (Å²) >= 11 is 0. The van der Waals surface area contributed by atoms with Crippen LogP contribution in [0.3, 0.4) is 0 Å². The Kier molecular flexibility index (Phi) is 6.02. The molecule has 0 saturated heterocycles. The fourth-order valence-electron chi connectivity index (χ4n) is 3.93. The quantitative estimate of drug-likeness (QED) is 0.359. The van der Waals surface area contributed by atoms with Gasteiger partial charge >= 0.3 is 0 Å². The van der Waals surface area contributed by atoms with Crippen LogP contribution in [0.2, 0.25) is 0 Å². The second kappa shape index (κ2) is 9.44. The van der Waals surface area contributed by atoms with E-state index >= 15 is 0 Å². The summed E-state index contributed by atoms with van der Waals surface area (Å²) in [5.74, 6) is 2.34. The van der Waals surface area contributed by atoms with E-state index in [-0.39, 0.29) is 6.61 Å². The predicted octanol–water partition coefficient (Wildman–Crippen LogP) is 3.17. The molecule has 11 heteroatoms. The lowest BCUT2D eigenvalue weighted by molar-refractivity contribution is 0.299. The van der Waals surface area contributed by atoms with Crippen molar-refractivity contribution in [2.45, 2.75) is 20.3 Å². The van der Waals surface area contributed by atoms with Crippen molar-refractivity contribution >= 4 is 22.5 Å². The molecule has 0 saturated carbocycles. The summed E-state index contributed by atoms with van der Waals surface area (Å²) in [5, 5.41) is 34.8. The second-order valence-electron chi connectivity index (χ2n) is 8.16. The highest BCUT2D eigenvalue weighted by molar-refractivity contribution is 5.86. The topological polar surface area (TPSA) is 140 Å². The standard InChI is InChI=1S/C25H23N9O2/c1-15-4-6-23(31-30-15)28-20-11-21-19(12-22(20)36-3)27-14-33(21)24-7-5-17(8-9-35)25(29-24)34-16(2)10-18(13-26)32-34/h4-7,10-12,14,35H,8-9H2,1-3H3,(H,28,31). The van der Waals surface area contributed by atoms with E-state index in [0.717, 1.165) is 28.0 Å². The lowest BCUT2D eigenvalue weighted by Crippen LogP contribution is -2.10. The number of nitriles is 1. The first-order valence-electron chi connectivity index (χ1n) is 11.2. The highest BCUT2D eigenvalue weighted by Crippen LogP contribution is 2.33. The molecule has 0 fully saturated rings. The number of anilines is 2. The maximum absolute atomic E-state index is 9.57. The molecule has 0 aliphatic heterocycles. The van der Waals surface area contributed by atoms with Gasteiger partial charge in [0.05, 0.1) is 29.5 Å². The Bertz CT molecular complexity index is 1600. The van der Waals surface area contributed by atoms with Crippen molar-refractivity contribution in [1.29, 1.82) is 5.26 Å². The number of nitrogens with one attached hydrogen (secondary N) is 1. The van der Waals surface area contributed by atoms with Crippen LogP contribution in [-0.2, 0) is 6.42 Å². The van der Waals surface area contributed by atoms with Gasteiger partial charge in [0.15, 0.2) is 17.3 Å². The second-order valence-corrected chi connectivity index (χ2v) is 8.16. The first-order valence-corrected chi connectivity index (χ1v) is 11.2. The number of fused-ring (bicyclic) bond motifs is 1. The molecule has 0 aliphatic carbocycles. The summed E-state index contributed by atoms with van der Waals surface area (Å²) in [6.07, 6.45) is 2.09. The molecule has 4 heterocycles. The normalized spacial score (nSPS) is 11.0. The van der Waals surface area contributed by atoms with E-state index in [0.29, 0.717) is 41.0 Å². The van der Waals surface area contributed by atoms with E-state index < -0.39 is 0 Å². The third kappa shape index (κ3) is 4.21. The first kappa shape index (κ1) is 22.9. The maximum atomic E-state index is 9.57. The molecule has 0 aliphatic rings. The van der Waals surface area contributed by atoms with Gasteiger partial charge in [0.2, 0.25) is 0 Å². The average Bonchev–Trinajstić information content (AvgIpc) is 3.48. The molecule has 36 heavy (non-hydrogen) atoms. The van der Waals surface area contributed by atoms with E-state index in [1.165, 1.54) is 0 Å². The van der Waals surface area contributed by atoms with Crippen molar-refractivity contribution in [3.8, 4) is 23.5 Å². The summed E-state index contributed by atoms with van der Waals surface area (Å²) < 4.78 is 9.05. The number of rotatable bonds is 7. The highest BCUT2D eigenvalue weighted by atomic mass is 16.5. The number of benzene rings is 1. The van der Waals surface area contributed by atoms with Gasteiger partial charge in [-0.2, -0.15) is 15.5 Å². The van der Waals surface area contributed by atoms with Gasteiger partial charge in [-0.3, -0.25) is 4.57 Å². The molecule has 0 spiro atoms. The first-order chi connectivity index (χ1) is 17.5. The van der Waals surface area contributed by atoms with Gasteiger partial charge in [0, 0.05) is 18.4 Å². The minimum absolute atomic E-state index is 0.0375. The number of hydrogen-bond acceptors (Lipinski definition) is 9. The monoisotopic (exact) mass is 481 g/mol. The van der Waals surface area contributed by atoms with Crippen LogP contribution in [0.5, 0.6) is 5.75 Å². The molecule has 2 N–H and O–H groups in total. The maximum Gasteiger partial charge on any atom is 0.163 e. The molecule has 0 bridgehead atoms. The largest absolute Gasteiger partial charge is 0.494 e. The van der Waals surface area contributed by atoms with Crippen molar-refractivity contribution in [3.63, 3.8) is 0 Å². The summed E-state index contributed by atoms with van der Waals surface area (Å²) in [5.41, 5.74) is 4.90. The zero-order chi connectivity index (χ0) is 25.2. The van der Waals surface area contributed by atoms with Crippen LogP contribution in [0.4, 0.5) is 11.5 Å². The number of ether oxygens (including phenoxy) is 1. The van der Waals surface area contributed by atoms with Crippen molar-refractivity contribution in [1.82, 2.24) is 34.5 Å². The number of nitrogens with zero attached hydrogens (tertiary/aromatic N) is 8. The molecule has 0 unspecified atom stereocenters. The van der Waals surface area contributed by atoms with Crippen molar-refractivity contribution in [2.24, 2.45) is 0 Å². The van der Waals surface area contributed by atoms with Gasteiger partial charge in [0.1, 0.15) is 24.0 Å². The molecule has 180 valence electrons. The van der Waals surface area contributed by atoms with Crippen LogP contribution in [0.1, 0.15) is 22.6 Å². The van der Waals surface area contributed by atoms with Crippen LogP contribution >= 0.6 is 0 Å². The van der Waals surface area contributed by atoms with Gasteiger partial charge in [-0.25, -0.2) is 14.6 Å². The molecule has 1 aromatic carbocycles. The molecule has 4 aromatic heterocycles. The highest BCUT2D eigenvalue weighted by Gasteiger charge is 2.16. The lowest BCUT2D eigenvalue weighted by Gasteiger charge is -2.14. The number of imidazole rings is 1. The van der Waals surface area contributed by atoms with E-state index in [1.54, 1.807) is 24.2 Å². The molecular weight excluding hydrogens is 458 g/mol. The minimum atomic E-state index is -0.0375. The van der Waals surface area contributed by atoms with Gasteiger partial charge in [-0.15, -0.1) is 5.10 Å². The number of aryl methyl sites for hydroxylation is 2. The Morgan fingerprint density at radius 1 is 1.11 bits per heavy atom. The molecule has 11 nitrogen and oxygen atoms in total.